The Morgan fingerprint density at radius 2 is 1.12 bits per heavy atom. The standard InChI is InChI=1S/C14H8N2O6S2/c17-7-9-1-3-13(11(5-9)15(19)20)23-24-14-4-2-10(8-18)6-12(14)16(21)22/h1-8H. The van der Waals surface area contributed by atoms with Crippen molar-refractivity contribution >= 4 is 45.5 Å². The van der Waals surface area contributed by atoms with E-state index in [4.69, 9.17) is 0 Å². The van der Waals surface area contributed by atoms with Crippen molar-refractivity contribution < 1.29 is 19.4 Å². The third kappa shape index (κ3) is 3.97. The van der Waals surface area contributed by atoms with Gasteiger partial charge in [0.1, 0.15) is 12.6 Å². The Morgan fingerprint density at radius 1 is 0.750 bits per heavy atom. The van der Waals surface area contributed by atoms with Gasteiger partial charge in [0.05, 0.1) is 19.6 Å². The summed E-state index contributed by atoms with van der Waals surface area (Å²) >= 11 is 0. The summed E-state index contributed by atoms with van der Waals surface area (Å²) in [6.07, 6.45) is 0.995. The summed E-state index contributed by atoms with van der Waals surface area (Å²) in [6.45, 7) is 0. The van der Waals surface area contributed by atoms with E-state index in [0.717, 1.165) is 33.7 Å². The normalized spacial score (nSPS) is 10.2. The first-order valence-corrected chi connectivity index (χ1v) is 8.43. The van der Waals surface area contributed by atoms with E-state index >= 15 is 0 Å². The third-order valence-corrected chi connectivity index (χ3v) is 5.31. The minimum Gasteiger partial charge on any atom is -0.298 e. The summed E-state index contributed by atoms with van der Waals surface area (Å²) < 4.78 is 0. The first-order chi connectivity index (χ1) is 11.5. The molecule has 2 aromatic carbocycles. The molecule has 0 aromatic heterocycles. The lowest BCUT2D eigenvalue weighted by atomic mass is 10.2. The lowest BCUT2D eigenvalue weighted by Gasteiger charge is -2.04. The van der Waals surface area contributed by atoms with Crippen molar-refractivity contribution in [3.05, 3.63) is 67.8 Å². The van der Waals surface area contributed by atoms with Gasteiger partial charge in [0.2, 0.25) is 0 Å². The molecule has 0 unspecified atom stereocenters. The Bertz CT molecular complexity index is 771. The quantitative estimate of drug-likeness (QED) is 0.313. The van der Waals surface area contributed by atoms with E-state index in [-0.39, 0.29) is 32.3 Å². The zero-order chi connectivity index (χ0) is 17.7. The molecule has 0 aliphatic heterocycles. The number of hydrogen-bond donors (Lipinski definition) is 0. The maximum absolute atomic E-state index is 11.1. The monoisotopic (exact) mass is 364 g/mol. The van der Waals surface area contributed by atoms with Crippen molar-refractivity contribution in [3.63, 3.8) is 0 Å². The smallest absolute Gasteiger partial charge is 0.284 e. The minimum atomic E-state index is -0.625. The van der Waals surface area contributed by atoms with E-state index in [2.05, 4.69) is 0 Å². The molecule has 0 saturated heterocycles. The zero-order valence-corrected chi connectivity index (χ0v) is 13.4. The van der Waals surface area contributed by atoms with Crippen molar-refractivity contribution in [1.29, 1.82) is 0 Å². The van der Waals surface area contributed by atoms with Gasteiger partial charge in [-0.15, -0.1) is 0 Å². The molecule has 0 amide bonds. The first-order valence-electron chi connectivity index (χ1n) is 6.28. The van der Waals surface area contributed by atoms with Gasteiger partial charge in [-0.05, 0) is 33.7 Å². The molecule has 0 heterocycles. The Morgan fingerprint density at radius 3 is 1.42 bits per heavy atom. The van der Waals surface area contributed by atoms with Gasteiger partial charge >= 0.3 is 0 Å². The summed E-state index contributed by atoms with van der Waals surface area (Å²) in [6, 6.07) is 7.94. The highest BCUT2D eigenvalue weighted by Gasteiger charge is 2.19. The lowest BCUT2D eigenvalue weighted by Crippen LogP contribution is -1.93. The lowest BCUT2D eigenvalue weighted by molar-refractivity contribution is -0.388. The van der Waals surface area contributed by atoms with E-state index in [1.54, 1.807) is 0 Å². The van der Waals surface area contributed by atoms with E-state index < -0.39 is 9.85 Å². The SMILES string of the molecule is O=Cc1ccc(SSc2ccc(C=O)cc2[N+](=O)[O-])c([N+](=O)[O-])c1. The van der Waals surface area contributed by atoms with Gasteiger partial charge in [0.25, 0.3) is 11.4 Å². The molecule has 10 heteroatoms. The van der Waals surface area contributed by atoms with Gasteiger partial charge in [-0.3, -0.25) is 29.8 Å². The Balaban J connectivity index is 2.31. The summed E-state index contributed by atoms with van der Waals surface area (Å²) in [5, 5.41) is 22.2. The molecule has 0 radical (unpaired) electrons. The molecule has 2 aromatic rings. The molecule has 0 bridgehead atoms. The number of benzene rings is 2. The van der Waals surface area contributed by atoms with Crippen LogP contribution < -0.4 is 0 Å². The number of nitrogens with zero attached hydrogens (tertiary/aromatic N) is 2. The summed E-state index contributed by atoms with van der Waals surface area (Å²) in [5.41, 5.74) is -0.191. The van der Waals surface area contributed by atoms with Crippen LogP contribution in [-0.2, 0) is 0 Å². The molecule has 0 saturated carbocycles. The maximum atomic E-state index is 11.1. The highest BCUT2D eigenvalue weighted by molar-refractivity contribution is 8.76. The molecule has 0 atom stereocenters. The molecule has 2 rings (SSSR count). The second-order valence-corrected chi connectivity index (χ2v) is 6.58. The highest BCUT2D eigenvalue weighted by atomic mass is 33.1. The molecule has 0 N–H and O–H groups in total. The van der Waals surface area contributed by atoms with Crippen LogP contribution in [0.15, 0.2) is 46.2 Å². The molecule has 0 spiro atoms. The summed E-state index contributed by atoms with van der Waals surface area (Å²) in [7, 11) is 1.92. The fraction of sp³-hybridized carbons (Fsp3) is 0. The number of nitro benzene ring substituents is 2. The largest absolute Gasteiger partial charge is 0.298 e. The molecule has 24 heavy (non-hydrogen) atoms. The Kier molecular flexibility index (Phi) is 5.66. The van der Waals surface area contributed by atoms with E-state index in [9.17, 15) is 29.8 Å². The van der Waals surface area contributed by atoms with Crippen LogP contribution in [0.1, 0.15) is 20.7 Å². The van der Waals surface area contributed by atoms with Crippen molar-refractivity contribution in [1.82, 2.24) is 0 Å². The number of aldehydes is 2. The van der Waals surface area contributed by atoms with Crippen LogP contribution in [0.2, 0.25) is 0 Å². The van der Waals surface area contributed by atoms with E-state index in [1.165, 1.54) is 24.3 Å². The molecule has 0 aliphatic rings. The maximum Gasteiger partial charge on any atom is 0.284 e. The molecule has 122 valence electrons. The van der Waals surface area contributed by atoms with Crippen LogP contribution in [0.5, 0.6) is 0 Å². The van der Waals surface area contributed by atoms with Gasteiger partial charge < -0.3 is 0 Å². The van der Waals surface area contributed by atoms with Crippen LogP contribution in [0.3, 0.4) is 0 Å². The van der Waals surface area contributed by atoms with Crippen LogP contribution in [0.25, 0.3) is 0 Å². The third-order valence-electron chi connectivity index (χ3n) is 2.85. The van der Waals surface area contributed by atoms with Crippen molar-refractivity contribution in [3.8, 4) is 0 Å². The van der Waals surface area contributed by atoms with Gasteiger partial charge in [0.15, 0.2) is 0 Å². The Labute approximate surface area is 142 Å². The number of hydrogen-bond acceptors (Lipinski definition) is 8. The van der Waals surface area contributed by atoms with Gasteiger partial charge in [0, 0.05) is 23.3 Å². The number of carbonyl (C=O) groups excluding carboxylic acids is 2. The number of rotatable bonds is 7. The average Bonchev–Trinajstić information content (AvgIpc) is 2.59. The summed E-state index contributed by atoms with van der Waals surface area (Å²) in [5.74, 6) is 0. The van der Waals surface area contributed by atoms with Crippen molar-refractivity contribution in [2.24, 2.45) is 0 Å². The van der Waals surface area contributed by atoms with Crippen molar-refractivity contribution in [2.75, 3.05) is 0 Å². The molecular formula is C14H8N2O6S2. The van der Waals surface area contributed by atoms with E-state index in [1.807, 2.05) is 0 Å². The average molecular weight is 364 g/mol. The van der Waals surface area contributed by atoms with Gasteiger partial charge in [-0.2, -0.15) is 0 Å². The van der Waals surface area contributed by atoms with Crippen LogP contribution >= 0.6 is 21.6 Å². The fourth-order valence-corrected chi connectivity index (χ4v) is 3.98. The van der Waals surface area contributed by atoms with Gasteiger partial charge in [-0.1, -0.05) is 12.1 Å². The molecule has 0 fully saturated rings. The molecular weight excluding hydrogens is 356 g/mol. The summed E-state index contributed by atoms with van der Waals surface area (Å²) in [4.78, 5) is 42.8. The van der Waals surface area contributed by atoms with Crippen LogP contribution in [0, 0.1) is 20.2 Å². The first kappa shape index (κ1) is 17.6. The van der Waals surface area contributed by atoms with Crippen LogP contribution in [0.4, 0.5) is 11.4 Å². The fourth-order valence-electron chi connectivity index (χ4n) is 1.73. The minimum absolute atomic E-state index is 0.164. The second-order valence-electron chi connectivity index (χ2n) is 4.37. The number of carbonyl (C=O) groups is 2. The second kappa shape index (κ2) is 7.70. The predicted molar refractivity (Wildman–Crippen MR) is 88.7 cm³/mol. The zero-order valence-electron chi connectivity index (χ0n) is 11.8. The van der Waals surface area contributed by atoms with Crippen LogP contribution in [-0.4, -0.2) is 22.4 Å². The molecule has 8 nitrogen and oxygen atoms in total. The van der Waals surface area contributed by atoms with Gasteiger partial charge in [-0.25, -0.2) is 0 Å². The highest BCUT2D eigenvalue weighted by Crippen LogP contribution is 2.44. The predicted octanol–water partition coefficient (Wildman–Crippen LogP) is 3.93. The molecule has 0 aliphatic carbocycles. The van der Waals surface area contributed by atoms with E-state index in [0.29, 0.717) is 12.6 Å². The Hall–Kier alpha value is -2.72. The van der Waals surface area contributed by atoms with Crippen molar-refractivity contribution in [2.45, 2.75) is 9.79 Å². The number of nitro groups is 2. The topological polar surface area (TPSA) is 120 Å².